The van der Waals surface area contributed by atoms with Crippen LogP contribution in [0.3, 0.4) is 0 Å². The number of carbonyl (C=O) groups excluding carboxylic acids is 1. The van der Waals surface area contributed by atoms with Crippen molar-refractivity contribution in [2.75, 3.05) is 26.2 Å². The second kappa shape index (κ2) is 6.38. The second-order valence-electron chi connectivity index (χ2n) is 6.11. The molecule has 106 valence electrons. The second-order valence-corrected chi connectivity index (χ2v) is 6.11. The summed E-state index contributed by atoms with van der Waals surface area (Å²) in [6, 6.07) is 0.312. The maximum absolute atomic E-state index is 11.8. The molecule has 1 saturated heterocycles. The number of nitrogens with zero attached hydrogens (tertiary/aromatic N) is 1. The monoisotopic (exact) mass is 258 g/mol. The molecule has 0 aromatic rings. The van der Waals surface area contributed by atoms with Crippen molar-refractivity contribution in [3.63, 3.8) is 0 Å². The van der Waals surface area contributed by atoms with Crippen LogP contribution in [0, 0.1) is 5.92 Å². The van der Waals surface area contributed by atoms with Crippen LogP contribution in [-0.2, 0) is 4.74 Å². The van der Waals surface area contributed by atoms with Crippen LogP contribution in [0.2, 0.25) is 0 Å². The number of nitrogens with one attached hydrogen (secondary N) is 1. The molecule has 1 aliphatic rings. The third-order valence-corrected chi connectivity index (χ3v) is 2.91. The van der Waals surface area contributed by atoms with Gasteiger partial charge >= 0.3 is 6.09 Å². The van der Waals surface area contributed by atoms with Crippen LogP contribution >= 0.6 is 0 Å². The van der Waals surface area contributed by atoms with E-state index in [9.17, 15) is 4.79 Å². The molecule has 1 aliphatic heterocycles. The molecule has 1 fully saturated rings. The average molecular weight is 258 g/mol. The van der Waals surface area contributed by atoms with E-state index in [0.29, 0.717) is 12.6 Å². The van der Waals surface area contributed by atoms with Gasteiger partial charge in [0.25, 0.3) is 0 Å². The standard InChI is InChI=1S/C13H26N2O3/c1-10(9-16)7-14-11-5-6-15(8-11)12(17)18-13(2,3)4/h10-11,14,16H,5-9H2,1-4H3. The van der Waals surface area contributed by atoms with Crippen molar-refractivity contribution in [1.82, 2.24) is 10.2 Å². The molecule has 1 amide bonds. The summed E-state index contributed by atoms with van der Waals surface area (Å²) >= 11 is 0. The van der Waals surface area contributed by atoms with Crippen LogP contribution in [-0.4, -0.2) is 54.0 Å². The summed E-state index contributed by atoms with van der Waals surface area (Å²) in [5.41, 5.74) is -0.437. The Bertz CT molecular complexity index is 276. The van der Waals surface area contributed by atoms with Gasteiger partial charge in [-0.05, 0) is 33.1 Å². The van der Waals surface area contributed by atoms with Gasteiger partial charge in [-0.15, -0.1) is 0 Å². The van der Waals surface area contributed by atoms with Crippen molar-refractivity contribution in [2.24, 2.45) is 5.92 Å². The van der Waals surface area contributed by atoms with E-state index in [1.165, 1.54) is 0 Å². The van der Waals surface area contributed by atoms with E-state index in [0.717, 1.165) is 19.5 Å². The number of likely N-dealkylation sites (tertiary alicyclic amines) is 1. The van der Waals surface area contributed by atoms with Crippen molar-refractivity contribution in [2.45, 2.75) is 45.8 Å². The molecule has 1 rings (SSSR count). The van der Waals surface area contributed by atoms with E-state index in [4.69, 9.17) is 9.84 Å². The molecule has 0 bridgehead atoms. The minimum atomic E-state index is -0.437. The molecular formula is C13H26N2O3. The lowest BCUT2D eigenvalue weighted by Gasteiger charge is -2.24. The summed E-state index contributed by atoms with van der Waals surface area (Å²) in [6.45, 7) is 10.0. The van der Waals surface area contributed by atoms with E-state index in [-0.39, 0.29) is 18.6 Å². The van der Waals surface area contributed by atoms with Crippen LogP contribution in [0.4, 0.5) is 4.79 Å². The molecule has 2 unspecified atom stereocenters. The summed E-state index contributed by atoms with van der Waals surface area (Å²) < 4.78 is 5.34. The highest BCUT2D eigenvalue weighted by Gasteiger charge is 2.29. The molecule has 2 N–H and O–H groups in total. The van der Waals surface area contributed by atoms with Crippen LogP contribution in [0.25, 0.3) is 0 Å². The molecule has 0 aromatic heterocycles. The first kappa shape index (κ1) is 15.2. The molecule has 0 radical (unpaired) electrons. The Kier molecular flexibility index (Phi) is 5.41. The molecule has 1 heterocycles. The molecule has 0 aliphatic carbocycles. The number of aliphatic hydroxyl groups excluding tert-OH is 1. The van der Waals surface area contributed by atoms with E-state index in [1.54, 1.807) is 4.90 Å². The molecule has 0 spiro atoms. The topological polar surface area (TPSA) is 61.8 Å². The van der Waals surface area contributed by atoms with Gasteiger partial charge in [0.1, 0.15) is 5.60 Å². The Morgan fingerprint density at radius 1 is 1.56 bits per heavy atom. The van der Waals surface area contributed by atoms with E-state index < -0.39 is 5.60 Å². The van der Waals surface area contributed by atoms with Crippen molar-refractivity contribution >= 4 is 6.09 Å². The lowest BCUT2D eigenvalue weighted by Crippen LogP contribution is -2.39. The summed E-state index contributed by atoms with van der Waals surface area (Å²) in [4.78, 5) is 13.6. The van der Waals surface area contributed by atoms with Crippen molar-refractivity contribution < 1.29 is 14.6 Å². The quantitative estimate of drug-likeness (QED) is 0.796. The Hall–Kier alpha value is -0.810. The fourth-order valence-electron chi connectivity index (χ4n) is 1.85. The normalized spacial score (nSPS) is 22.1. The molecule has 5 heteroatoms. The van der Waals surface area contributed by atoms with Gasteiger partial charge in [-0.3, -0.25) is 0 Å². The van der Waals surface area contributed by atoms with Gasteiger partial charge in [-0.1, -0.05) is 6.92 Å². The first-order valence-electron chi connectivity index (χ1n) is 6.64. The van der Waals surface area contributed by atoms with Crippen LogP contribution in [0.5, 0.6) is 0 Å². The zero-order chi connectivity index (χ0) is 13.8. The first-order chi connectivity index (χ1) is 8.31. The maximum Gasteiger partial charge on any atom is 0.410 e. The number of amides is 1. The molecule has 0 saturated carbocycles. The largest absolute Gasteiger partial charge is 0.444 e. The summed E-state index contributed by atoms with van der Waals surface area (Å²) in [7, 11) is 0. The fraction of sp³-hybridized carbons (Fsp3) is 0.923. The predicted molar refractivity (Wildman–Crippen MR) is 70.5 cm³/mol. The van der Waals surface area contributed by atoms with E-state index in [1.807, 2.05) is 27.7 Å². The highest BCUT2D eigenvalue weighted by atomic mass is 16.6. The molecule has 2 atom stereocenters. The van der Waals surface area contributed by atoms with Gasteiger partial charge in [0.15, 0.2) is 0 Å². The van der Waals surface area contributed by atoms with Crippen molar-refractivity contribution in [3.05, 3.63) is 0 Å². The van der Waals surface area contributed by atoms with Crippen LogP contribution < -0.4 is 5.32 Å². The number of ether oxygens (including phenoxy) is 1. The number of aliphatic hydroxyl groups is 1. The third-order valence-electron chi connectivity index (χ3n) is 2.91. The van der Waals surface area contributed by atoms with Gasteiger partial charge in [0.2, 0.25) is 0 Å². The van der Waals surface area contributed by atoms with Crippen molar-refractivity contribution in [1.29, 1.82) is 0 Å². The average Bonchev–Trinajstić information content (AvgIpc) is 2.72. The fourth-order valence-corrected chi connectivity index (χ4v) is 1.85. The highest BCUT2D eigenvalue weighted by Crippen LogP contribution is 2.15. The van der Waals surface area contributed by atoms with Crippen molar-refractivity contribution in [3.8, 4) is 0 Å². The number of hydrogen-bond donors (Lipinski definition) is 2. The zero-order valence-corrected chi connectivity index (χ0v) is 11.9. The van der Waals surface area contributed by atoms with Gasteiger partial charge in [-0.2, -0.15) is 0 Å². The van der Waals surface area contributed by atoms with Gasteiger partial charge in [0.05, 0.1) is 0 Å². The van der Waals surface area contributed by atoms with Gasteiger partial charge in [-0.25, -0.2) is 4.79 Å². The summed E-state index contributed by atoms with van der Waals surface area (Å²) in [5, 5.41) is 12.3. The Balaban J connectivity index is 2.30. The lowest BCUT2D eigenvalue weighted by atomic mass is 10.2. The predicted octanol–water partition coefficient (Wildman–Crippen LogP) is 1.21. The maximum atomic E-state index is 11.8. The first-order valence-corrected chi connectivity index (χ1v) is 6.64. The van der Waals surface area contributed by atoms with Gasteiger partial charge in [0, 0.05) is 32.3 Å². The Morgan fingerprint density at radius 3 is 2.78 bits per heavy atom. The molecule has 5 nitrogen and oxygen atoms in total. The Morgan fingerprint density at radius 2 is 2.22 bits per heavy atom. The number of rotatable bonds is 4. The van der Waals surface area contributed by atoms with Gasteiger partial charge < -0.3 is 20.1 Å². The highest BCUT2D eigenvalue weighted by molar-refractivity contribution is 5.68. The molecule has 0 aromatic carbocycles. The zero-order valence-electron chi connectivity index (χ0n) is 11.9. The van der Waals surface area contributed by atoms with Crippen LogP contribution in [0.1, 0.15) is 34.1 Å². The smallest absolute Gasteiger partial charge is 0.410 e. The Labute approximate surface area is 109 Å². The molecule has 18 heavy (non-hydrogen) atoms. The molecular weight excluding hydrogens is 232 g/mol. The number of carbonyl (C=O) groups is 1. The number of hydrogen-bond acceptors (Lipinski definition) is 4. The van der Waals surface area contributed by atoms with Crippen LogP contribution in [0.15, 0.2) is 0 Å². The van der Waals surface area contributed by atoms with E-state index in [2.05, 4.69) is 5.32 Å². The lowest BCUT2D eigenvalue weighted by molar-refractivity contribution is 0.0290. The minimum absolute atomic E-state index is 0.190. The summed E-state index contributed by atoms with van der Waals surface area (Å²) in [5.74, 6) is 0.251. The van der Waals surface area contributed by atoms with E-state index >= 15 is 0 Å². The minimum Gasteiger partial charge on any atom is -0.444 e. The summed E-state index contributed by atoms with van der Waals surface area (Å²) in [6.07, 6.45) is 0.708. The SMILES string of the molecule is CC(CO)CNC1CCN(C(=O)OC(C)(C)C)C1. The third kappa shape index (κ3) is 5.23.